The molecule has 0 unspecified atom stereocenters. The Morgan fingerprint density at radius 1 is 1.21 bits per heavy atom. The number of nitrogens with two attached hydrogens (primary N) is 2. The Bertz CT molecular complexity index is 925. The zero-order chi connectivity index (χ0) is 20.8. The molecule has 5 N–H and O–H groups in total. The summed E-state index contributed by atoms with van der Waals surface area (Å²) in [5.41, 5.74) is 18.0. The zero-order valence-electron chi connectivity index (χ0n) is 17.4. The smallest absolute Gasteiger partial charge is 0.223 e. The highest BCUT2D eigenvalue weighted by Crippen LogP contribution is 2.28. The summed E-state index contributed by atoms with van der Waals surface area (Å²) in [4.78, 5) is 11.2. The SMILES string of the molecule is Cc1ccc(/C(N)=C(\c2ccnc(NCC(C)C)n2)N2C=CC(CN)=CC2)cc1. The van der Waals surface area contributed by atoms with Gasteiger partial charge in [-0.05, 0) is 36.1 Å². The fourth-order valence-corrected chi connectivity index (χ4v) is 3.03. The third kappa shape index (κ3) is 5.23. The summed E-state index contributed by atoms with van der Waals surface area (Å²) in [6.45, 7) is 8.38. The van der Waals surface area contributed by atoms with Gasteiger partial charge in [-0.15, -0.1) is 0 Å². The van der Waals surface area contributed by atoms with E-state index >= 15 is 0 Å². The van der Waals surface area contributed by atoms with E-state index in [1.165, 1.54) is 5.56 Å². The molecule has 1 aromatic heterocycles. The highest BCUT2D eigenvalue weighted by molar-refractivity contribution is 5.88. The molecule has 0 aliphatic carbocycles. The Hall–Kier alpha value is -3.12. The lowest BCUT2D eigenvalue weighted by atomic mass is 10.1. The van der Waals surface area contributed by atoms with Crippen LogP contribution in [0.25, 0.3) is 11.4 Å². The van der Waals surface area contributed by atoms with Crippen molar-refractivity contribution in [3.8, 4) is 0 Å². The minimum Gasteiger partial charge on any atom is -0.396 e. The van der Waals surface area contributed by atoms with Gasteiger partial charge in [-0.3, -0.25) is 0 Å². The molecule has 1 aliphatic rings. The second kappa shape index (κ2) is 9.39. The molecule has 2 heterocycles. The average molecular weight is 391 g/mol. The van der Waals surface area contributed by atoms with Crippen molar-refractivity contribution in [2.75, 3.05) is 25.0 Å². The zero-order valence-corrected chi connectivity index (χ0v) is 17.4. The number of rotatable bonds is 7. The summed E-state index contributed by atoms with van der Waals surface area (Å²) in [5.74, 6) is 1.10. The minimum absolute atomic E-state index is 0.500. The lowest BCUT2D eigenvalue weighted by molar-refractivity contribution is 0.580. The maximum absolute atomic E-state index is 6.67. The van der Waals surface area contributed by atoms with E-state index in [1.807, 2.05) is 30.5 Å². The predicted molar refractivity (Wildman–Crippen MR) is 121 cm³/mol. The van der Waals surface area contributed by atoms with Gasteiger partial charge in [-0.1, -0.05) is 49.8 Å². The van der Waals surface area contributed by atoms with Gasteiger partial charge in [-0.2, -0.15) is 0 Å². The van der Waals surface area contributed by atoms with Gasteiger partial charge < -0.3 is 21.7 Å². The van der Waals surface area contributed by atoms with Crippen LogP contribution in [0, 0.1) is 12.8 Å². The predicted octanol–water partition coefficient (Wildman–Crippen LogP) is 3.35. The first-order chi connectivity index (χ1) is 14.0. The summed E-state index contributed by atoms with van der Waals surface area (Å²) in [6.07, 6.45) is 7.91. The summed E-state index contributed by atoms with van der Waals surface area (Å²) >= 11 is 0. The van der Waals surface area contributed by atoms with E-state index in [0.717, 1.165) is 29.1 Å². The molecule has 29 heavy (non-hydrogen) atoms. The van der Waals surface area contributed by atoms with Gasteiger partial charge in [0.1, 0.15) is 0 Å². The maximum atomic E-state index is 6.67. The van der Waals surface area contributed by atoms with Gasteiger partial charge in [0.15, 0.2) is 0 Å². The second-order valence-corrected chi connectivity index (χ2v) is 7.62. The van der Waals surface area contributed by atoms with Crippen molar-refractivity contribution >= 4 is 17.3 Å². The Balaban J connectivity index is 2.03. The molecule has 152 valence electrons. The first-order valence-electron chi connectivity index (χ1n) is 9.96. The van der Waals surface area contributed by atoms with Crippen molar-refractivity contribution in [3.05, 3.63) is 77.3 Å². The second-order valence-electron chi connectivity index (χ2n) is 7.62. The molecule has 0 radical (unpaired) electrons. The topological polar surface area (TPSA) is 93.1 Å². The van der Waals surface area contributed by atoms with Crippen LogP contribution in [-0.4, -0.2) is 34.5 Å². The quantitative estimate of drug-likeness (QED) is 0.671. The molecule has 6 heteroatoms. The number of benzene rings is 1. The van der Waals surface area contributed by atoms with Gasteiger partial charge >= 0.3 is 0 Å². The van der Waals surface area contributed by atoms with Crippen LogP contribution in [0.1, 0.15) is 30.7 Å². The summed E-state index contributed by atoms with van der Waals surface area (Å²) < 4.78 is 0. The van der Waals surface area contributed by atoms with E-state index in [1.54, 1.807) is 6.20 Å². The number of nitrogens with zero attached hydrogens (tertiary/aromatic N) is 3. The van der Waals surface area contributed by atoms with Crippen LogP contribution in [0.3, 0.4) is 0 Å². The number of aryl methyl sites for hydroxylation is 1. The van der Waals surface area contributed by atoms with Crippen molar-refractivity contribution in [2.45, 2.75) is 20.8 Å². The molecule has 1 aliphatic heterocycles. The van der Waals surface area contributed by atoms with Gasteiger partial charge in [0.05, 0.1) is 17.1 Å². The molecule has 1 aromatic carbocycles. The highest BCUT2D eigenvalue weighted by atomic mass is 15.2. The molecular weight excluding hydrogens is 360 g/mol. The van der Waals surface area contributed by atoms with Gasteiger partial charge in [0.2, 0.25) is 5.95 Å². The Morgan fingerprint density at radius 2 is 1.97 bits per heavy atom. The van der Waals surface area contributed by atoms with Crippen LogP contribution in [0.5, 0.6) is 0 Å². The molecule has 0 fully saturated rings. The monoisotopic (exact) mass is 390 g/mol. The van der Waals surface area contributed by atoms with Crippen molar-refractivity contribution in [1.82, 2.24) is 14.9 Å². The molecule has 3 rings (SSSR count). The molecule has 0 spiro atoms. The van der Waals surface area contributed by atoms with Crippen LogP contribution in [0.2, 0.25) is 0 Å². The molecule has 2 aromatic rings. The van der Waals surface area contributed by atoms with Gasteiger partial charge in [-0.25, -0.2) is 9.97 Å². The number of anilines is 1. The van der Waals surface area contributed by atoms with Gasteiger partial charge in [0, 0.05) is 32.0 Å². The Labute approximate surface area is 173 Å². The summed E-state index contributed by atoms with van der Waals surface area (Å²) in [6, 6.07) is 10.1. The maximum Gasteiger partial charge on any atom is 0.223 e. The minimum atomic E-state index is 0.500. The van der Waals surface area contributed by atoms with Gasteiger partial charge in [0.25, 0.3) is 0 Å². The fraction of sp³-hybridized carbons (Fsp3) is 0.304. The van der Waals surface area contributed by atoms with E-state index in [2.05, 4.69) is 54.2 Å². The van der Waals surface area contributed by atoms with E-state index in [4.69, 9.17) is 16.5 Å². The standard InChI is InChI=1S/C23H30N6/c1-16(2)15-27-23-26-11-8-20(28-23)22(29-12-9-18(14-24)10-13-29)21(25)19-6-4-17(3)5-7-19/h4-12,16H,13-15,24-25H2,1-3H3,(H,26,27,28)/b22-21-. The number of nitrogens with one attached hydrogen (secondary N) is 1. The molecule has 6 nitrogen and oxygen atoms in total. The molecule has 0 atom stereocenters. The first kappa shape index (κ1) is 20.6. The number of hydrogen-bond donors (Lipinski definition) is 3. The van der Waals surface area contributed by atoms with Crippen LogP contribution >= 0.6 is 0 Å². The normalized spacial score (nSPS) is 14.7. The van der Waals surface area contributed by atoms with E-state index in [9.17, 15) is 0 Å². The van der Waals surface area contributed by atoms with Crippen molar-refractivity contribution < 1.29 is 0 Å². The molecular formula is C23H30N6. The summed E-state index contributed by atoms with van der Waals surface area (Å²) in [5, 5.41) is 3.29. The fourth-order valence-electron chi connectivity index (χ4n) is 3.03. The first-order valence-corrected chi connectivity index (χ1v) is 9.96. The lowest BCUT2D eigenvalue weighted by Gasteiger charge is -2.27. The molecule has 0 saturated carbocycles. The highest BCUT2D eigenvalue weighted by Gasteiger charge is 2.18. The number of aromatic nitrogens is 2. The van der Waals surface area contributed by atoms with Crippen LogP contribution < -0.4 is 16.8 Å². The van der Waals surface area contributed by atoms with Crippen molar-refractivity contribution in [3.63, 3.8) is 0 Å². The van der Waals surface area contributed by atoms with E-state index in [0.29, 0.717) is 30.7 Å². The number of hydrogen-bond acceptors (Lipinski definition) is 6. The molecule has 0 saturated heterocycles. The summed E-state index contributed by atoms with van der Waals surface area (Å²) in [7, 11) is 0. The van der Waals surface area contributed by atoms with E-state index in [-0.39, 0.29) is 0 Å². The molecule has 0 amide bonds. The lowest BCUT2D eigenvalue weighted by Crippen LogP contribution is -2.24. The van der Waals surface area contributed by atoms with Crippen molar-refractivity contribution in [2.24, 2.45) is 17.4 Å². The van der Waals surface area contributed by atoms with Crippen molar-refractivity contribution in [1.29, 1.82) is 0 Å². The Morgan fingerprint density at radius 3 is 2.59 bits per heavy atom. The van der Waals surface area contributed by atoms with Crippen LogP contribution in [0.4, 0.5) is 5.95 Å². The average Bonchev–Trinajstić information content (AvgIpc) is 2.74. The third-order valence-corrected chi connectivity index (χ3v) is 4.73. The molecule has 0 bridgehead atoms. The third-order valence-electron chi connectivity index (χ3n) is 4.73. The largest absolute Gasteiger partial charge is 0.396 e. The van der Waals surface area contributed by atoms with Crippen LogP contribution in [0.15, 0.2) is 60.5 Å². The Kier molecular flexibility index (Phi) is 6.67. The van der Waals surface area contributed by atoms with Crippen LogP contribution in [-0.2, 0) is 0 Å². The van der Waals surface area contributed by atoms with E-state index < -0.39 is 0 Å².